The third kappa shape index (κ3) is 2.48. The van der Waals surface area contributed by atoms with Crippen molar-refractivity contribution in [3.63, 3.8) is 0 Å². The summed E-state index contributed by atoms with van der Waals surface area (Å²) in [7, 11) is 1.88. The number of carbonyl (C=O) groups is 1. The Morgan fingerprint density at radius 1 is 1.39 bits per heavy atom. The summed E-state index contributed by atoms with van der Waals surface area (Å²) >= 11 is 1.51. The molecular weight excluding hydrogens is 248 g/mol. The Labute approximate surface area is 109 Å². The largest absolute Gasteiger partial charge is 0.398 e. The van der Waals surface area contributed by atoms with Crippen molar-refractivity contribution in [2.45, 2.75) is 16.8 Å². The summed E-state index contributed by atoms with van der Waals surface area (Å²) in [5.41, 5.74) is 12.6. The average Bonchev–Trinajstić information content (AvgIpc) is 2.60. The van der Waals surface area contributed by atoms with Crippen LogP contribution in [0.1, 0.15) is 16.1 Å². The van der Waals surface area contributed by atoms with Crippen molar-refractivity contribution in [1.82, 2.24) is 9.78 Å². The monoisotopic (exact) mass is 262 g/mol. The van der Waals surface area contributed by atoms with Crippen molar-refractivity contribution in [1.29, 1.82) is 0 Å². The van der Waals surface area contributed by atoms with Crippen LogP contribution in [0.15, 0.2) is 34.2 Å². The number of carbonyl (C=O) groups excluding carboxylic acids is 1. The molecule has 6 heteroatoms. The third-order valence-electron chi connectivity index (χ3n) is 2.47. The molecule has 0 aliphatic rings. The topological polar surface area (TPSA) is 86.9 Å². The standard InChI is InChI=1S/C12H14N4OS/c1-7-5-11(16(2)15-7)18-8-3-4-10(13)9(6-8)12(14)17/h3-6H,13H2,1-2H3,(H2,14,17). The first-order valence-electron chi connectivity index (χ1n) is 5.35. The van der Waals surface area contributed by atoms with Crippen LogP contribution in [-0.4, -0.2) is 15.7 Å². The summed E-state index contributed by atoms with van der Waals surface area (Å²) in [6.45, 7) is 1.93. The molecule has 0 fully saturated rings. The lowest BCUT2D eigenvalue weighted by atomic mass is 10.2. The Hall–Kier alpha value is -1.95. The highest BCUT2D eigenvalue weighted by atomic mass is 32.2. The number of benzene rings is 1. The Balaban J connectivity index is 2.32. The molecule has 0 saturated carbocycles. The van der Waals surface area contributed by atoms with E-state index < -0.39 is 5.91 Å². The quantitative estimate of drug-likeness (QED) is 0.822. The number of aryl methyl sites for hydroxylation is 2. The fourth-order valence-corrected chi connectivity index (χ4v) is 2.57. The molecule has 0 unspecified atom stereocenters. The second-order valence-corrected chi connectivity index (χ2v) is 5.06. The number of amides is 1. The molecule has 0 bridgehead atoms. The number of aromatic nitrogens is 2. The molecule has 1 amide bonds. The molecular formula is C12H14N4OS. The lowest BCUT2D eigenvalue weighted by molar-refractivity contribution is 0.100. The van der Waals surface area contributed by atoms with Crippen LogP contribution in [0.2, 0.25) is 0 Å². The number of nitrogens with zero attached hydrogens (tertiary/aromatic N) is 2. The molecule has 1 aromatic carbocycles. The van der Waals surface area contributed by atoms with Crippen molar-refractivity contribution in [2.75, 3.05) is 5.73 Å². The minimum Gasteiger partial charge on any atom is -0.398 e. The lowest BCUT2D eigenvalue weighted by Gasteiger charge is -2.05. The molecule has 0 radical (unpaired) electrons. The minimum absolute atomic E-state index is 0.346. The van der Waals surface area contributed by atoms with E-state index in [0.29, 0.717) is 11.3 Å². The number of anilines is 1. The molecule has 94 valence electrons. The van der Waals surface area contributed by atoms with E-state index in [9.17, 15) is 4.79 Å². The number of rotatable bonds is 3. The molecule has 1 heterocycles. The first-order chi connectivity index (χ1) is 8.47. The van der Waals surface area contributed by atoms with Gasteiger partial charge < -0.3 is 11.5 Å². The van der Waals surface area contributed by atoms with Crippen molar-refractivity contribution in [2.24, 2.45) is 12.8 Å². The third-order valence-corrected chi connectivity index (χ3v) is 3.55. The second kappa shape index (κ2) is 4.73. The molecule has 2 rings (SSSR count). The van der Waals surface area contributed by atoms with Crippen molar-refractivity contribution in [3.05, 3.63) is 35.5 Å². The Morgan fingerprint density at radius 3 is 2.67 bits per heavy atom. The maximum absolute atomic E-state index is 11.2. The predicted octanol–water partition coefficient (Wildman–Crippen LogP) is 1.56. The number of hydrogen-bond donors (Lipinski definition) is 2. The van der Waals surface area contributed by atoms with Crippen LogP contribution in [0.3, 0.4) is 0 Å². The maximum Gasteiger partial charge on any atom is 0.250 e. The Morgan fingerprint density at radius 2 is 2.11 bits per heavy atom. The fourth-order valence-electron chi connectivity index (χ4n) is 1.62. The van der Waals surface area contributed by atoms with E-state index in [-0.39, 0.29) is 0 Å². The second-order valence-electron chi connectivity index (χ2n) is 3.96. The van der Waals surface area contributed by atoms with Gasteiger partial charge in [0.2, 0.25) is 0 Å². The zero-order valence-electron chi connectivity index (χ0n) is 10.2. The first kappa shape index (κ1) is 12.5. The van der Waals surface area contributed by atoms with E-state index in [1.165, 1.54) is 11.8 Å². The van der Waals surface area contributed by atoms with E-state index in [2.05, 4.69) is 5.10 Å². The molecule has 0 spiro atoms. The summed E-state index contributed by atoms with van der Waals surface area (Å²) in [4.78, 5) is 12.1. The zero-order chi connectivity index (χ0) is 13.3. The zero-order valence-corrected chi connectivity index (χ0v) is 11.0. The molecule has 0 aliphatic carbocycles. The summed E-state index contributed by atoms with van der Waals surface area (Å²) in [6, 6.07) is 7.22. The van der Waals surface area contributed by atoms with E-state index in [0.717, 1.165) is 15.6 Å². The maximum atomic E-state index is 11.2. The highest BCUT2D eigenvalue weighted by Gasteiger charge is 2.09. The highest BCUT2D eigenvalue weighted by Crippen LogP contribution is 2.29. The number of primary amides is 1. The molecule has 4 N–H and O–H groups in total. The van der Waals surface area contributed by atoms with Gasteiger partial charge in [0.15, 0.2) is 0 Å². The van der Waals surface area contributed by atoms with Crippen LogP contribution >= 0.6 is 11.8 Å². The lowest BCUT2D eigenvalue weighted by Crippen LogP contribution is -2.13. The minimum atomic E-state index is -0.517. The van der Waals surface area contributed by atoms with Crippen molar-refractivity contribution < 1.29 is 4.79 Å². The summed E-state index contributed by atoms with van der Waals surface area (Å²) in [6.07, 6.45) is 0. The van der Waals surface area contributed by atoms with Gasteiger partial charge >= 0.3 is 0 Å². The molecule has 0 atom stereocenters. The number of nitrogen functional groups attached to an aromatic ring is 1. The smallest absolute Gasteiger partial charge is 0.250 e. The molecule has 2 aromatic rings. The number of hydrogen-bond acceptors (Lipinski definition) is 4. The van der Waals surface area contributed by atoms with Crippen molar-refractivity contribution in [3.8, 4) is 0 Å². The molecule has 0 aliphatic heterocycles. The number of nitrogens with two attached hydrogens (primary N) is 2. The molecule has 1 aromatic heterocycles. The van der Waals surface area contributed by atoms with Gasteiger partial charge in [-0.2, -0.15) is 5.10 Å². The van der Waals surface area contributed by atoms with Crippen LogP contribution in [0.4, 0.5) is 5.69 Å². The SMILES string of the molecule is Cc1cc(Sc2ccc(N)c(C(N)=O)c2)n(C)n1. The van der Waals surface area contributed by atoms with Crippen LogP contribution in [0.25, 0.3) is 0 Å². The molecule has 0 saturated heterocycles. The summed E-state index contributed by atoms with van der Waals surface area (Å²) < 4.78 is 1.79. The van der Waals surface area contributed by atoms with Crippen molar-refractivity contribution >= 4 is 23.4 Å². The van der Waals surface area contributed by atoms with Crippen LogP contribution in [0, 0.1) is 6.92 Å². The predicted molar refractivity (Wildman–Crippen MR) is 71.4 cm³/mol. The van der Waals surface area contributed by atoms with E-state index in [4.69, 9.17) is 11.5 Å². The average molecular weight is 262 g/mol. The van der Waals surface area contributed by atoms with Gasteiger partial charge in [0.25, 0.3) is 5.91 Å². The van der Waals surface area contributed by atoms with Gasteiger partial charge in [-0.3, -0.25) is 9.48 Å². The first-order valence-corrected chi connectivity index (χ1v) is 6.17. The fraction of sp³-hybridized carbons (Fsp3) is 0.167. The van der Waals surface area contributed by atoms with Gasteiger partial charge in [-0.25, -0.2) is 0 Å². The summed E-state index contributed by atoms with van der Waals surface area (Å²) in [5.74, 6) is -0.517. The van der Waals surface area contributed by atoms with Gasteiger partial charge in [-0.1, -0.05) is 11.8 Å². The Bertz CT molecular complexity index is 606. The summed E-state index contributed by atoms with van der Waals surface area (Å²) in [5, 5.41) is 5.26. The van der Waals surface area contributed by atoms with Gasteiger partial charge in [-0.05, 0) is 31.2 Å². The van der Waals surface area contributed by atoms with Gasteiger partial charge in [0, 0.05) is 17.6 Å². The highest BCUT2D eigenvalue weighted by molar-refractivity contribution is 7.99. The van der Waals surface area contributed by atoms with E-state index in [1.807, 2.05) is 26.1 Å². The van der Waals surface area contributed by atoms with Crippen LogP contribution in [-0.2, 0) is 7.05 Å². The Kier molecular flexibility index (Phi) is 3.29. The van der Waals surface area contributed by atoms with Gasteiger partial charge in [-0.15, -0.1) is 0 Å². The van der Waals surface area contributed by atoms with Gasteiger partial charge in [0.1, 0.15) is 0 Å². The van der Waals surface area contributed by atoms with E-state index >= 15 is 0 Å². The van der Waals surface area contributed by atoms with E-state index in [1.54, 1.807) is 16.8 Å². The molecule has 18 heavy (non-hydrogen) atoms. The van der Waals surface area contributed by atoms with Crippen LogP contribution in [0.5, 0.6) is 0 Å². The molecule has 5 nitrogen and oxygen atoms in total. The van der Waals surface area contributed by atoms with Gasteiger partial charge in [0.05, 0.1) is 16.3 Å². The normalized spacial score (nSPS) is 10.6. The van der Waals surface area contributed by atoms with Crippen LogP contribution < -0.4 is 11.5 Å².